The highest BCUT2D eigenvalue weighted by molar-refractivity contribution is 7.14. The number of amides is 2. The number of nitrogens with one attached hydrogen (secondary N) is 2. The third-order valence-corrected chi connectivity index (χ3v) is 4.75. The number of thiazole rings is 1. The van der Waals surface area contributed by atoms with Crippen LogP contribution in [0.25, 0.3) is 11.3 Å². The molecule has 3 rings (SSSR count). The molecule has 7 heteroatoms. The molecule has 6 nitrogen and oxygen atoms in total. The van der Waals surface area contributed by atoms with Gasteiger partial charge in [-0.1, -0.05) is 42.5 Å². The van der Waals surface area contributed by atoms with Gasteiger partial charge in [0.2, 0.25) is 5.91 Å². The number of hydrogen-bond acceptors (Lipinski definition) is 5. The van der Waals surface area contributed by atoms with E-state index in [4.69, 9.17) is 4.74 Å². The van der Waals surface area contributed by atoms with Gasteiger partial charge in [-0.25, -0.2) is 4.98 Å². The fourth-order valence-corrected chi connectivity index (χ4v) is 3.24. The second-order valence-corrected chi connectivity index (χ2v) is 7.11. The van der Waals surface area contributed by atoms with Crippen LogP contribution in [0, 0.1) is 6.92 Å². The zero-order valence-electron chi connectivity index (χ0n) is 15.7. The summed E-state index contributed by atoms with van der Waals surface area (Å²) in [5.41, 5.74) is 3.72. The number of benzene rings is 2. The second kappa shape index (κ2) is 9.14. The van der Waals surface area contributed by atoms with Gasteiger partial charge in [0.15, 0.2) is 11.7 Å². The molecule has 2 amide bonds. The van der Waals surface area contributed by atoms with Crippen molar-refractivity contribution in [3.8, 4) is 17.0 Å². The van der Waals surface area contributed by atoms with E-state index in [9.17, 15) is 9.59 Å². The largest absolute Gasteiger partial charge is 0.483 e. The van der Waals surface area contributed by atoms with Crippen LogP contribution in [0.5, 0.6) is 5.75 Å². The smallest absolute Gasteiger partial charge is 0.264 e. The standard InChI is InChI=1S/C21H21N3O3S/c1-14-5-3-4-6-19(14)27-12-20(26)24-21-23-18(13-28-21)17-9-7-16(8-10-17)11-22-15(2)25/h3-10,13H,11-12H2,1-2H3,(H,22,25)(H,23,24,26). The molecule has 0 unspecified atom stereocenters. The maximum absolute atomic E-state index is 12.1. The van der Waals surface area contributed by atoms with Gasteiger partial charge in [0.05, 0.1) is 5.69 Å². The van der Waals surface area contributed by atoms with Gasteiger partial charge in [-0.2, -0.15) is 0 Å². The van der Waals surface area contributed by atoms with Crippen LogP contribution in [0.15, 0.2) is 53.9 Å². The fourth-order valence-electron chi connectivity index (χ4n) is 2.50. The van der Waals surface area contributed by atoms with Crippen molar-refractivity contribution in [3.63, 3.8) is 0 Å². The molecule has 2 N–H and O–H groups in total. The molecule has 2 aromatic carbocycles. The molecule has 0 atom stereocenters. The van der Waals surface area contributed by atoms with Crippen molar-refractivity contribution in [1.29, 1.82) is 0 Å². The molecule has 0 aliphatic heterocycles. The predicted molar refractivity (Wildman–Crippen MR) is 110 cm³/mol. The Morgan fingerprint density at radius 1 is 1.11 bits per heavy atom. The van der Waals surface area contributed by atoms with Gasteiger partial charge < -0.3 is 10.1 Å². The zero-order chi connectivity index (χ0) is 19.9. The van der Waals surface area contributed by atoms with E-state index in [1.165, 1.54) is 18.3 Å². The van der Waals surface area contributed by atoms with Gasteiger partial charge in [0.25, 0.3) is 5.91 Å². The van der Waals surface area contributed by atoms with Crippen LogP contribution < -0.4 is 15.4 Å². The molecule has 0 fully saturated rings. The van der Waals surface area contributed by atoms with Crippen LogP contribution in [0.3, 0.4) is 0 Å². The number of rotatable bonds is 7. The summed E-state index contributed by atoms with van der Waals surface area (Å²) >= 11 is 1.36. The van der Waals surface area contributed by atoms with E-state index >= 15 is 0 Å². The number of anilines is 1. The van der Waals surface area contributed by atoms with Crippen LogP contribution in [0.1, 0.15) is 18.1 Å². The molecule has 28 heavy (non-hydrogen) atoms. The van der Waals surface area contributed by atoms with Crippen LogP contribution >= 0.6 is 11.3 Å². The third-order valence-electron chi connectivity index (χ3n) is 3.99. The first-order chi connectivity index (χ1) is 13.5. The number of carbonyl (C=O) groups excluding carboxylic acids is 2. The average molecular weight is 395 g/mol. The van der Waals surface area contributed by atoms with E-state index in [-0.39, 0.29) is 18.4 Å². The first-order valence-corrected chi connectivity index (χ1v) is 9.67. The summed E-state index contributed by atoms with van der Waals surface area (Å²) in [5.74, 6) is 0.377. The average Bonchev–Trinajstić information content (AvgIpc) is 3.14. The third kappa shape index (κ3) is 5.40. The van der Waals surface area contributed by atoms with E-state index < -0.39 is 0 Å². The zero-order valence-corrected chi connectivity index (χ0v) is 16.5. The molecule has 0 saturated heterocycles. The van der Waals surface area contributed by atoms with Crippen LogP contribution in [0.4, 0.5) is 5.13 Å². The first kappa shape index (κ1) is 19.6. The number of aryl methyl sites for hydroxylation is 1. The minimum Gasteiger partial charge on any atom is -0.483 e. The lowest BCUT2D eigenvalue weighted by atomic mass is 10.1. The molecule has 3 aromatic rings. The Balaban J connectivity index is 1.55. The van der Waals surface area contributed by atoms with Gasteiger partial charge in [0, 0.05) is 24.4 Å². The maximum Gasteiger partial charge on any atom is 0.264 e. The number of aromatic nitrogens is 1. The van der Waals surface area contributed by atoms with E-state index in [1.807, 2.05) is 60.8 Å². The first-order valence-electron chi connectivity index (χ1n) is 8.79. The van der Waals surface area contributed by atoms with E-state index in [2.05, 4.69) is 15.6 Å². The van der Waals surface area contributed by atoms with Crippen LogP contribution in [0.2, 0.25) is 0 Å². The van der Waals surface area contributed by atoms with Crippen molar-refractivity contribution >= 4 is 28.3 Å². The van der Waals surface area contributed by atoms with Crippen LogP contribution in [-0.4, -0.2) is 23.4 Å². The molecular weight excluding hydrogens is 374 g/mol. The van der Waals surface area contributed by atoms with Crippen molar-refractivity contribution in [3.05, 3.63) is 65.0 Å². The molecule has 0 spiro atoms. The summed E-state index contributed by atoms with van der Waals surface area (Å²) in [7, 11) is 0. The van der Waals surface area contributed by atoms with Crippen molar-refractivity contribution in [2.75, 3.05) is 11.9 Å². The molecular formula is C21H21N3O3S. The number of para-hydroxylation sites is 1. The molecule has 0 radical (unpaired) electrons. The SMILES string of the molecule is CC(=O)NCc1ccc(-c2csc(NC(=O)COc3ccccc3C)n2)cc1. The Hall–Kier alpha value is -3.19. The Labute approximate surface area is 167 Å². The van der Waals surface area contributed by atoms with E-state index in [1.54, 1.807) is 0 Å². The summed E-state index contributed by atoms with van der Waals surface area (Å²) in [6.45, 7) is 3.85. The maximum atomic E-state index is 12.1. The highest BCUT2D eigenvalue weighted by Crippen LogP contribution is 2.25. The van der Waals surface area contributed by atoms with Gasteiger partial charge in [-0.15, -0.1) is 11.3 Å². The van der Waals surface area contributed by atoms with Gasteiger partial charge in [-0.3, -0.25) is 14.9 Å². The molecule has 0 aliphatic carbocycles. The fraction of sp³-hybridized carbons (Fsp3) is 0.190. The molecule has 0 saturated carbocycles. The minimum absolute atomic E-state index is 0.0598. The highest BCUT2D eigenvalue weighted by Gasteiger charge is 2.09. The summed E-state index contributed by atoms with van der Waals surface area (Å²) in [5, 5.41) is 7.94. The van der Waals surface area contributed by atoms with Crippen molar-refractivity contribution < 1.29 is 14.3 Å². The van der Waals surface area contributed by atoms with Crippen LogP contribution in [-0.2, 0) is 16.1 Å². The molecule has 0 bridgehead atoms. The quantitative estimate of drug-likeness (QED) is 0.638. The lowest BCUT2D eigenvalue weighted by molar-refractivity contribution is -0.119. The van der Waals surface area contributed by atoms with E-state index in [0.717, 1.165) is 22.4 Å². The van der Waals surface area contributed by atoms with Gasteiger partial charge in [0.1, 0.15) is 5.75 Å². The number of hydrogen-bond donors (Lipinski definition) is 2. The number of ether oxygens (including phenoxy) is 1. The lowest BCUT2D eigenvalue weighted by Crippen LogP contribution is -2.20. The predicted octanol–water partition coefficient (Wildman–Crippen LogP) is 3.77. The highest BCUT2D eigenvalue weighted by atomic mass is 32.1. The molecule has 1 heterocycles. The van der Waals surface area contributed by atoms with Crippen molar-refractivity contribution in [2.45, 2.75) is 20.4 Å². The Morgan fingerprint density at radius 2 is 1.86 bits per heavy atom. The number of carbonyl (C=O) groups is 2. The number of nitrogens with zero attached hydrogens (tertiary/aromatic N) is 1. The Morgan fingerprint density at radius 3 is 2.57 bits per heavy atom. The van der Waals surface area contributed by atoms with E-state index in [0.29, 0.717) is 17.4 Å². The lowest BCUT2D eigenvalue weighted by Gasteiger charge is -2.08. The molecule has 144 valence electrons. The normalized spacial score (nSPS) is 10.4. The second-order valence-electron chi connectivity index (χ2n) is 6.25. The van der Waals surface area contributed by atoms with Gasteiger partial charge in [-0.05, 0) is 24.1 Å². The molecule has 0 aliphatic rings. The molecule has 1 aromatic heterocycles. The van der Waals surface area contributed by atoms with Crippen molar-refractivity contribution in [1.82, 2.24) is 10.3 Å². The van der Waals surface area contributed by atoms with Crippen molar-refractivity contribution in [2.24, 2.45) is 0 Å². The van der Waals surface area contributed by atoms with Gasteiger partial charge >= 0.3 is 0 Å². The monoisotopic (exact) mass is 395 g/mol. The minimum atomic E-state index is -0.255. The summed E-state index contributed by atoms with van der Waals surface area (Å²) in [6.07, 6.45) is 0. The Kier molecular flexibility index (Phi) is 6.39. The summed E-state index contributed by atoms with van der Waals surface area (Å²) in [4.78, 5) is 27.5. The Bertz CT molecular complexity index is 967. The topological polar surface area (TPSA) is 80.3 Å². The summed E-state index contributed by atoms with van der Waals surface area (Å²) < 4.78 is 5.55. The summed E-state index contributed by atoms with van der Waals surface area (Å²) in [6, 6.07) is 15.3.